The predicted molar refractivity (Wildman–Crippen MR) is 80.3 cm³/mol. The van der Waals surface area contributed by atoms with Crippen LogP contribution in [-0.4, -0.2) is 12.2 Å². The van der Waals surface area contributed by atoms with Crippen LogP contribution in [-0.2, 0) is 0 Å². The summed E-state index contributed by atoms with van der Waals surface area (Å²) < 4.78 is 5.36. The van der Waals surface area contributed by atoms with Crippen molar-refractivity contribution in [3.05, 3.63) is 50.2 Å². The summed E-state index contributed by atoms with van der Waals surface area (Å²) >= 11 is 1.66. The molecule has 1 heterocycles. The number of hydrogen-bond acceptors (Lipinski definition) is 3. The van der Waals surface area contributed by atoms with Gasteiger partial charge in [-0.15, -0.1) is 11.3 Å². The van der Waals surface area contributed by atoms with E-state index in [1.807, 2.05) is 26.0 Å². The highest BCUT2D eigenvalue weighted by atomic mass is 32.1. The smallest absolute Gasteiger partial charge is 0.124 e. The first kappa shape index (κ1) is 14.1. The van der Waals surface area contributed by atoms with Crippen LogP contribution in [0.2, 0.25) is 0 Å². The number of ether oxygens (including phenoxy) is 1. The first-order valence-electron chi connectivity index (χ1n) is 6.34. The Kier molecular flexibility index (Phi) is 3.97. The number of thiophene rings is 1. The van der Waals surface area contributed by atoms with Gasteiger partial charge in [0.2, 0.25) is 0 Å². The van der Waals surface area contributed by atoms with Gasteiger partial charge in [0.05, 0.1) is 7.11 Å². The van der Waals surface area contributed by atoms with E-state index in [2.05, 4.69) is 19.9 Å². The number of methoxy groups -OCH3 is 1. The molecule has 1 unspecified atom stereocenters. The van der Waals surface area contributed by atoms with Crippen molar-refractivity contribution < 1.29 is 9.84 Å². The Labute approximate surface area is 118 Å². The number of hydrogen-bond donors (Lipinski definition) is 1. The fourth-order valence-corrected chi connectivity index (χ4v) is 3.42. The molecule has 1 aromatic heterocycles. The van der Waals surface area contributed by atoms with Gasteiger partial charge in [-0.2, -0.15) is 0 Å². The van der Waals surface area contributed by atoms with Crippen LogP contribution in [0.5, 0.6) is 5.75 Å². The number of aryl methyl sites for hydroxylation is 4. The molecular formula is C16H20O2S. The quantitative estimate of drug-likeness (QED) is 0.915. The number of benzene rings is 1. The molecule has 1 atom stereocenters. The van der Waals surface area contributed by atoms with E-state index in [0.717, 1.165) is 27.3 Å². The van der Waals surface area contributed by atoms with E-state index in [0.29, 0.717) is 0 Å². The van der Waals surface area contributed by atoms with Crippen molar-refractivity contribution in [2.24, 2.45) is 0 Å². The molecule has 0 radical (unpaired) electrons. The van der Waals surface area contributed by atoms with Crippen LogP contribution in [0.1, 0.15) is 38.1 Å². The second-order valence-electron chi connectivity index (χ2n) is 4.98. The lowest BCUT2D eigenvalue weighted by Gasteiger charge is -2.14. The summed E-state index contributed by atoms with van der Waals surface area (Å²) in [7, 11) is 1.68. The Morgan fingerprint density at radius 3 is 2.00 bits per heavy atom. The molecule has 1 N–H and O–H groups in total. The second-order valence-corrected chi connectivity index (χ2v) is 6.27. The number of aliphatic hydroxyl groups excluding tert-OH is 1. The van der Waals surface area contributed by atoms with Crippen LogP contribution in [0.4, 0.5) is 0 Å². The maximum absolute atomic E-state index is 10.5. The first-order valence-corrected chi connectivity index (χ1v) is 7.15. The van der Waals surface area contributed by atoms with Crippen LogP contribution < -0.4 is 4.74 Å². The molecule has 102 valence electrons. The van der Waals surface area contributed by atoms with Crippen LogP contribution in [0.3, 0.4) is 0 Å². The summed E-state index contributed by atoms with van der Waals surface area (Å²) in [5.74, 6) is 0.898. The predicted octanol–water partition coefficient (Wildman–Crippen LogP) is 4.07. The summed E-state index contributed by atoms with van der Waals surface area (Å²) in [6, 6.07) is 6.07. The van der Waals surface area contributed by atoms with E-state index in [4.69, 9.17) is 4.74 Å². The van der Waals surface area contributed by atoms with Crippen molar-refractivity contribution in [3.8, 4) is 5.75 Å². The van der Waals surface area contributed by atoms with Crippen LogP contribution >= 0.6 is 11.3 Å². The third-order valence-electron chi connectivity index (χ3n) is 3.46. The molecule has 0 spiro atoms. The minimum Gasteiger partial charge on any atom is -0.496 e. The Morgan fingerprint density at radius 2 is 1.58 bits per heavy atom. The van der Waals surface area contributed by atoms with Gasteiger partial charge < -0.3 is 9.84 Å². The van der Waals surface area contributed by atoms with Crippen molar-refractivity contribution in [2.75, 3.05) is 7.11 Å². The molecule has 19 heavy (non-hydrogen) atoms. The van der Waals surface area contributed by atoms with Gasteiger partial charge in [0, 0.05) is 9.75 Å². The van der Waals surface area contributed by atoms with Crippen molar-refractivity contribution in [2.45, 2.75) is 33.8 Å². The van der Waals surface area contributed by atoms with Gasteiger partial charge in [0.15, 0.2) is 0 Å². The topological polar surface area (TPSA) is 29.5 Å². The number of rotatable bonds is 3. The van der Waals surface area contributed by atoms with Crippen molar-refractivity contribution >= 4 is 11.3 Å². The number of aliphatic hydroxyl groups is 1. The Bertz CT molecular complexity index is 556. The van der Waals surface area contributed by atoms with Crippen LogP contribution in [0.25, 0.3) is 0 Å². The molecule has 0 amide bonds. The Morgan fingerprint density at radius 1 is 1.00 bits per heavy atom. The SMILES string of the molecule is COc1c(C)cc(C(O)c2cc(C)c(C)s2)cc1C. The third-order valence-corrected chi connectivity index (χ3v) is 4.66. The van der Waals surface area contributed by atoms with E-state index < -0.39 is 6.10 Å². The summed E-state index contributed by atoms with van der Waals surface area (Å²) in [6.07, 6.45) is -0.555. The third kappa shape index (κ3) is 2.67. The van der Waals surface area contributed by atoms with E-state index >= 15 is 0 Å². The molecule has 3 heteroatoms. The molecular weight excluding hydrogens is 256 g/mol. The Hall–Kier alpha value is -1.32. The minimum atomic E-state index is -0.555. The van der Waals surface area contributed by atoms with Gasteiger partial charge in [0.25, 0.3) is 0 Å². The van der Waals surface area contributed by atoms with Gasteiger partial charge in [-0.3, -0.25) is 0 Å². The summed E-state index contributed by atoms with van der Waals surface area (Å²) in [6.45, 7) is 8.17. The molecule has 2 nitrogen and oxygen atoms in total. The summed E-state index contributed by atoms with van der Waals surface area (Å²) in [5.41, 5.74) is 4.28. The summed E-state index contributed by atoms with van der Waals surface area (Å²) in [5, 5.41) is 10.5. The van der Waals surface area contributed by atoms with E-state index in [-0.39, 0.29) is 0 Å². The largest absolute Gasteiger partial charge is 0.496 e. The van der Waals surface area contributed by atoms with E-state index in [9.17, 15) is 5.11 Å². The highest BCUT2D eigenvalue weighted by Crippen LogP contribution is 2.34. The minimum absolute atomic E-state index is 0.555. The molecule has 2 rings (SSSR count). The van der Waals surface area contributed by atoms with Gasteiger partial charge >= 0.3 is 0 Å². The summed E-state index contributed by atoms with van der Waals surface area (Å²) in [4.78, 5) is 2.26. The van der Waals surface area contributed by atoms with Crippen molar-refractivity contribution in [1.29, 1.82) is 0 Å². The monoisotopic (exact) mass is 276 g/mol. The lowest BCUT2D eigenvalue weighted by atomic mass is 10.0. The highest BCUT2D eigenvalue weighted by Gasteiger charge is 2.16. The zero-order chi connectivity index (χ0) is 14.2. The van der Waals surface area contributed by atoms with Gasteiger partial charge in [-0.1, -0.05) is 0 Å². The second kappa shape index (κ2) is 5.35. The molecule has 1 aromatic carbocycles. The maximum atomic E-state index is 10.5. The maximum Gasteiger partial charge on any atom is 0.124 e. The lowest BCUT2D eigenvalue weighted by Crippen LogP contribution is -2.00. The average molecular weight is 276 g/mol. The lowest BCUT2D eigenvalue weighted by molar-refractivity contribution is 0.224. The van der Waals surface area contributed by atoms with Crippen LogP contribution in [0.15, 0.2) is 18.2 Å². The van der Waals surface area contributed by atoms with E-state index in [1.165, 1.54) is 10.4 Å². The van der Waals surface area contributed by atoms with Crippen molar-refractivity contribution in [1.82, 2.24) is 0 Å². The normalized spacial score (nSPS) is 12.5. The van der Waals surface area contributed by atoms with E-state index in [1.54, 1.807) is 18.4 Å². The van der Waals surface area contributed by atoms with Gasteiger partial charge in [-0.05, 0) is 68.1 Å². The highest BCUT2D eigenvalue weighted by molar-refractivity contribution is 7.12. The standard InChI is InChI=1S/C16H20O2S/c1-9-8-14(19-12(9)4)15(17)13-6-10(2)16(18-5)11(3)7-13/h6-8,15,17H,1-5H3. The van der Waals surface area contributed by atoms with Gasteiger partial charge in [-0.25, -0.2) is 0 Å². The molecule has 0 fully saturated rings. The molecule has 0 saturated heterocycles. The van der Waals surface area contributed by atoms with Crippen molar-refractivity contribution in [3.63, 3.8) is 0 Å². The molecule has 0 aliphatic heterocycles. The average Bonchev–Trinajstić information content (AvgIpc) is 2.68. The molecule has 0 aliphatic rings. The first-order chi connectivity index (χ1) is 8.93. The zero-order valence-corrected chi connectivity index (χ0v) is 12.9. The Balaban J connectivity index is 2.41. The van der Waals surface area contributed by atoms with Gasteiger partial charge in [0.1, 0.15) is 11.9 Å². The molecule has 0 bridgehead atoms. The molecule has 0 saturated carbocycles. The zero-order valence-electron chi connectivity index (χ0n) is 12.1. The molecule has 0 aliphatic carbocycles. The molecule has 2 aromatic rings. The fourth-order valence-electron chi connectivity index (χ4n) is 2.36. The fraction of sp³-hybridized carbons (Fsp3) is 0.375. The van der Waals surface area contributed by atoms with Crippen LogP contribution in [0, 0.1) is 27.7 Å².